The molecule has 0 heterocycles. The Hall–Kier alpha value is -2.18. The molecule has 0 aromatic heterocycles. The van der Waals surface area contributed by atoms with Gasteiger partial charge in [-0.25, -0.2) is 0 Å². The fourth-order valence-corrected chi connectivity index (χ4v) is 3.12. The van der Waals surface area contributed by atoms with Crippen molar-refractivity contribution in [2.75, 3.05) is 19.6 Å². The standard InChI is InChI=1S/C21H26BrN3O2/c1-3-25(4-2)15-18-9-6-5-8-17(18)13-23-20(26)14-24-21(27)16-10-7-11-19(22)12-16/h5-12H,3-4,13-15H2,1-2H3,(H,23,26)(H,24,27). The zero-order valence-corrected chi connectivity index (χ0v) is 17.4. The number of nitrogens with one attached hydrogen (secondary N) is 2. The predicted molar refractivity (Wildman–Crippen MR) is 111 cm³/mol. The first-order valence-corrected chi connectivity index (χ1v) is 9.92. The smallest absolute Gasteiger partial charge is 0.251 e. The Kier molecular flexibility index (Phi) is 8.48. The third-order valence-electron chi connectivity index (χ3n) is 4.38. The molecule has 0 spiro atoms. The van der Waals surface area contributed by atoms with Gasteiger partial charge in [0.15, 0.2) is 0 Å². The highest BCUT2D eigenvalue weighted by Crippen LogP contribution is 2.12. The van der Waals surface area contributed by atoms with Crippen LogP contribution in [0.2, 0.25) is 0 Å². The van der Waals surface area contributed by atoms with Crippen molar-refractivity contribution in [3.63, 3.8) is 0 Å². The second-order valence-electron chi connectivity index (χ2n) is 6.20. The van der Waals surface area contributed by atoms with E-state index in [1.807, 2.05) is 24.3 Å². The number of nitrogens with zero attached hydrogens (tertiary/aromatic N) is 1. The van der Waals surface area contributed by atoms with Gasteiger partial charge >= 0.3 is 0 Å². The summed E-state index contributed by atoms with van der Waals surface area (Å²) in [6.45, 7) is 7.51. The Labute approximate surface area is 169 Å². The third-order valence-corrected chi connectivity index (χ3v) is 4.87. The maximum atomic E-state index is 12.1. The fraction of sp³-hybridized carbons (Fsp3) is 0.333. The van der Waals surface area contributed by atoms with Crippen molar-refractivity contribution in [1.82, 2.24) is 15.5 Å². The molecule has 2 amide bonds. The summed E-state index contributed by atoms with van der Waals surface area (Å²) in [6.07, 6.45) is 0. The number of carbonyl (C=O) groups is 2. The van der Waals surface area contributed by atoms with E-state index in [0.717, 1.165) is 29.7 Å². The van der Waals surface area contributed by atoms with Crippen molar-refractivity contribution in [2.45, 2.75) is 26.9 Å². The number of halogens is 1. The summed E-state index contributed by atoms with van der Waals surface area (Å²) in [5.74, 6) is -0.482. The van der Waals surface area contributed by atoms with Crippen molar-refractivity contribution in [1.29, 1.82) is 0 Å². The van der Waals surface area contributed by atoms with Crippen LogP contribution in [0.5, 0.6) is 0 Å². The summed E-state index contributed by atoms with van der Waals surface area (Å²) >= 11 is 3.33. The van der Waals surface area contributed by atoms with Crippen LogP contribution < -0.4 is 10.6 Å². The molecule has 2 aromatic rings. The summed E-state index contributed by atoms with van der Waals surface area (Å²) in [4.78, 5) is 26.6. The molecule has 27 heavy (non-hydrogen) atoms. The van der Waals surface area contributed by atoms with Crippen LogP contribution in [0.15, 0.2) is 53.0 Å². The molecule has 0 aliphatic rings. The van der Waals surface area contributed by atoms with Gasteiger partial charge in [-0.2, -0.15) is 0 Å². The Morgan fingerprint density at radius 2 is 1.67 bits per heavy atom. The van der Waals surface area contributed by atoms with Crippen LogP contribution in [0.3, 0.4) is 0 Å². The molecule has 0 aliphatic heterocycles. The number of benzene rings is 2. The van der Waals surface area contributed by atoms with Crippen LogP contribution in [0.4, 0.5) is 0 Å². The monoisotopic (exact) mass is 431 g/mol. The molecule has 0 fully saturated rings. The van der Waals surface area contributed by atoms with E-state index >= 15 is 0 Å². The van der Waals surface area contributed by atoms with Gasteiger partial charge in [-0.3, -0.25) is 14.5 Å². The van der Waals surface area contributed by atoms with Crippen LogP contribution in [-0.4, -0.2) is 36.3 Å². The van der Waals surface area contributed by atoms with Gasteiger partial charge in [-0.15, -0.1) is 0 Å². The van der Waals surface area contributed by atoms with Gasteiger partial charge in [0, 0.05) is 23.1 Å². The Morgan fingerprint density at radius 3 is 2.33 bits per heavy atom. The van der Waals surface area contributed by atoms with Crippen molar-refractivity contribution in [3.8, 4) is 0 Å². The first-order valence-electron chi connectivity index (χ1n) is 9.13. The lowest BCUT2D eigenvalue weighted by molar-refractivity contribution is -0.120. The Morgan fingerprint density at radius 1 is 0.963 bits per heavy atom. The van der Waals surface area contributed by atoms with Gasteiger partial charge in [-0.05, 0) is 42.4 Å². The average molecular weight is 432 g/mol. The topological polar surface area (TPSA) is 61.4 Å². The lowest BCUT2D eigenvalue weighted by Gasteiger charge is -2.20. The van der Waals surface area contributed by atoms with Crippen molar-refractivity contribution >= 4 is 27.7 Å². The molecule has 0 atom stereocenters. The van der Waals surface area contributed by atoms with E-state index in [2.05, 4.69) is 51.4 Å². The number of hydrogen-bond donors (Lipinski definition) is 2. The van der Waals surface area contributed by atoms with Crippen molar-refractivity contribution < 1.29 is 9.59 Å². The zero-order chi connectivity index (χ0) is 19.6. The maximum Gasteiger partial charge on any atom is 0.251 e. The highest BCUT2D eigenvalue weighted by molar-refractivity contribution is 9.10. The minimum atomic E-state index is -0.270. The molecule has 0 saturated heterocycles. The maximum absolute atomic E-state index is 12.1. The number of rotatable bonds is 9. The molecule has 0 saturated carbocycles. The largest absolute Gasteiger partial charge is 0.350 e. The van der Waals surface area contributed by atoms with E-state index in [0.29, 0.717) is 12.1 Å². The molecule has 0 aliphatic carbocycles. The summed E-state index contributed by atoms with van der Waals surface area (Å²) < 4.78 is 0.824. The highest BCUT2D eigenvalue weighted by Gasteiger charge is 2.10. The minimum absolute atomic E-state index is 0.0520. The molecule has 0 bridgehead atoms. The van der Waals surface area contributed by atoms with Gasteiger partial charge < -0.3 is 10.6 Å². The molecule has 0 radical (unpaired) electrons. The van der Waals surface area contributed by atoms with E-state index in [9.17, 15) is 9.59 Å². The number of hydrogen-bond acceptors (Lipinski definition) is 3. The molecule has 5 nitrogen and oxygen atoms in total. The fourth-order valence-electron chi connectivity index (χ4n) is 2.72. The second-order valence-corrected chi connectivity index (χ2v) is 7.12. The molecule has 2 N–H and O–H groups in total. The molecule has 6 heteroatoms. The predicted octanol–water partition coefficient (Wildman–Crippen LogP) is 3.34. The second kappa shape index (κ2) is 10.8. The van der Waals surface area contributed by atoms with Gasteiger partial charge in [0.2, 0.25) is 5.91 Å². The van der Waals surface area contributed by atoms with Gasteiger partial charge in [0.25, 0.3) is 5.91 Å². The molecule has 144 valence electrons. The first-order chi connectivity index (χ1) is 13.0. The van der Waals surface area contributed by atoms with Crippen molar-refractivity contribution in [3.05, 3.63) is 69.7 Å². The lowest BCUT2D eigenvalue weighted by Crippen LogP contribution is -2.36. The van der Waals surface area contributed by atoms with Gasteiger partial charge in [-0.1, -0.05) is 60.1 Å². The molecular formula is C21H26BrN3O2. The van der Waals surface area contributed by atoms with E-state index in [1.54, 1.807) is 18.2 Å². The SMILES string of the molecule is CCN(CC)Cc1ccccc1CNC(=O)CNC(=O)c1cccc(Br)c1. The first kappa shape index (κ1) is 21.1. The van der Waals surface area contributed by atoms with Crippen molar-refractivity contribution in [2.24, 2.45) is 0 Å². The molecular weight excluding hydrogens is 406 g/mol. The van der Waals surface area contributed by atoms with Gasteiger partial charge in [0.05, 0.1) is 6.54 Å². The Balaban J connectivity index is 1.86. The lowest BCUT2D eigenvalue weighted by atomic mass is 10.1. The zero-order valence-electron chi connectivity index (χ0n) is 15.8. The van der Waals surface area contributed by atoms with Crippen LogP contribution >= 0.6 is 15.9 Å². The minimum Gasteiger partial charge on any atom is -0.350 e. The van der Waals surface area contributed by atoms with Gasteiger partial charge in [0.1, 0.15) is 0 Å². The van der Waals surface area contributed by atoms with E-state index in [1.165, 1.54) is 5.56 Å². The third kappa shape index (κ3) is 6.81. The van der Waals surface area contributed by atoms with Crippen LogP contribution in [0, 0.1) is 0 Å². The van der Waals surface area contributed by atoms with E-state index in [4.69, 9.17) is 0 Å². The van der Waals surface area contributed by atoms with Crippen LogP contribution in [0.1, 0.15) is 35.3 Å². The molecule has 2 rings (SSSR count). The Bertz CT molecular complexity index is 776. The summed E-state index contributed by atoms with van der Waals surface area (Å²) in [5.41, 5.74) is 2.82. The van der Waals surface area contributed by atoms with E-state index < -0.39 is 0 Å². The summed E-state index contributed by atoms with van der Waals surface area (Å²) in [5, 5.41) is 5.53. The highest BCUT2D eigenvalue weighted by atomic mass is 79.9. The number of carbonyl (C=O) groups excluding carboxylic acids is 2. The molecule has 2 aromatic carbocycles. The average Bonchev–Trinajstić information content (AvgIpc) is 2.69. The number of amides is 2. The van der Waals surface area contributed by atoms with Crippen LogP contribution in [-0.2, 0) is 17.9 Å². The quantitative estimate of drug-likeness (QED) is 0.639. The van der Waals surface area contributed by atoms with Crippen LogP contribution in [0.25, 0.3) is 0 Å². The molecule has 0 unspecified atom stereocenters. The summed E-state index contributed by atoms with van der Waals surface area (Å²) in [6, 6.07) is 15.2. The van der Waals surface area contributed by atoms with E-state index in [-0.39, 0.29) is 18.4 Å². The normalized spacial score (nSPS) is 10.7. The summed E-state index contributed by atoms with van der Waals surface area (Å²) in [7, 11) is 0.